The van der Waals surface area contributed by atoms with Crippen molar-refractivity contribution in [3.63, 3.8) is 0 Å². The summed E-state index contributed by atoms with van der Waals surface area (Å²) >= 11 is 0. The number of urea groups is 1. The summed E-state index contributed by atoms with van der Waals surface area (Å²) in [5.74, 6) is -2.10. The maximum absolute atomic E-state index is 13.6. The summed E-state index contributed by atoms with van der Waals surface area (Å²) in [4.78, 5) is 20.1. The number of rotatable bonds is 3. The maximum atomic E-state index is 13.6. The Labute approximate surface area is 146 Å². The van der Waals surface area contributed by atoms with Crippen molar-refractivity contribution in [2.75, 3.05) is 44.3 Å². The van der Waals surface area contributed by atoms with E-state index in [-0.39, 0.29) is 19.7 Å². The number of alkyl halides is 2. The fourth-order valence-corrected chi connectivity index (χ4v) is 3.19. The van der Waals surface area contributed by atoms with E-state index in [1.54, 1.807) is 0 Å². The van der Waals surface area contributed by atoms with Crippen LogP contribution in [-0.4, -0.2) is 61.2 Å². The van der Waals surface area contributed by atoms with E-state index in [1.807, 2.05) is 19.1 Å². The predicted octanol–water partition coefficient (Wildman–Crippen LogP) is 2.17. The second-order valence-corrected chi connectivity index (χ2v) is 6.66. The summed E-state index contributed by atoms with van der Waals surface area (Å²) in [7, 11) is 0. The third kappa shape index (κ3) is 4.78. The molecular formula is C17H24F2N4O2. The van der Waals surface area contributed by atoms with Crippen LogP contribution in [0.15, 0.2) is 12.1 Å². The van der Waals surface area contributed by atoms with Crippen LogP contribution < -0.4 is 10.2 Å². The van der Waals surface area contributed by atoms with Crippen LogP contribution >= 0.6 is 0 Å². The standard InChI is InChI=1S/C17H24F2N4O2/c1-13-8-14(9-15(21-13)22-4-2-3-5-22)10-20-16(24)23-6-7-25-12-17(18,19)11-23/h8-9H,2-7,10-12H2,1H3,(H,20,24). The third-order valence-electron chi connectivity index (χ3n) is 4.40. The first-order valence-corrected chi connectivity index (χ1v) is 8.64. The Morgan fingerprint density at radius 3 is 2.84 bits per heavy atom. The van der Waals surface area contributed by atoms with E-state index in [1.165, 1.54) is 0 Å². The van der Waals surface area contributed by atoms with Gasteiger partial charge in [0.2, 0.25) is 0 Å². The molecule has 0 aliphatic carbocycles. The largest absolute Gasteiger partial charge is 0.373 e. The highest BCUT2D eigenvalue weighted by Crippen LogP contribution is 2.21. The van der Waals surface area contributed by atoms with E-state index >= 15 is 0 Å². The van der Waals surface area contributed by atoms with Crippen LogP contribution in [0.25, 0.3) is 0 Å². The molecular weight excluding hydrogens is 330 g/mol. The molecule has 0 aromatic carbocycles. The number of carbonyl (C=O) groups excluding carboxylic acids is 1. The minimum Gasteiger partial charge on any atom is -0.373 e. The maximum Gasteiger partial charge on any atom is 0.317 e. The monoisotopic (exact) mass is 354 g/mol. The molecule has 8 heteroatoms. The number of ether oxygens (including phenoxy) is 1. The van der Waals surface area contributed by atoms with Gasteiger partial charge in [0.05, 0.1) is 13.2 Å². The Morgan fingerprint density at radius 2 is 2.08 bits per heavy atom. The van der Waals surface area contributed by atoms with Crippen molar-refractivity contribution >= 4 is 11.8 Å². The van der Waals surface area contributed by atoms with Crippen molar-refractivity contribution in [3.8, 4) is 0 Å². The van der Waals surface area contributed by atoms with Crippen molar-refractivity contribution in [2.45, 2.75) is 32.2 Å². The summed E-state index contributed by atoms with van der Waals surface area (Å²) in [5.41, 5.74) is 1.80. The number of amides is 2. The molecule has 2 fully saturated rings. The van der Waals surface area contributed by atoms with Gasteiger partial charge in [-0.15, -0.1) is 0 Å². The van der Waals surface area contributed by atoms with Crippen molar-refractivity contribution < 1.29 is 18.3 Å². The molecule has 0 unspecified atom stereocenters. The zero-order valence-corrected chi connectivity index (χ0v) is 14.4. The van der Waals surface area contributed by atoms with Crippen molar-refractivity contribution in [3.05, 3.63) is 23.4 Å². The number of halogens is 2. The van der Waals surface area contributed by atoms with Crippen LogP contribution in [0.1, 0.15) is 24.1 Å². The summed E-state index contributed by atoms with van der Waals surface area (Å²) in [6, 6.07) is 3.36. The third-order valence-corrected chi connectivity index (χ3v) is 4.40. The fourth-order valence-electron chi connectivity index (χ4n) is 3.19. The van der Waals surface area contributed by atoms with Crippen LogP contribution in [0.3, 0.4) is 0 Å². The minimum atomic E-state index is -3.01. The van der Waals surface area contributed by atoms with E-state index in [2.05, 4.69) is 15.2 Å². The number of anilines is 1. The smallest absolute Gasteiger partial charge is 0.317 e. The van der Waals surface area contributed by atoms with Gasteiger partial charge in [0.1, 0.15) is 12.4 Å². The SMILES string of the molecule is Cc1cc(CNC(=O)N2CCOCC(F)(F)C2)cc(N2CCCC2)n1. The van der Waals surface area contributed by atoms with Crippen molar-refractivity contribution in [2.24, 2.45) is 0 Å². The second kappa shape index (κ2) is 7.51. The van der Waals surface area contributed by atoms with Gasteiger partial charge >= 0.3 is 6.03 Å². The van der Waals surface area contributed by atoms with Crippen LogP contribution in [-0.2, 0) is 11.3 Å². The van der Waals surface area contributed by atoms with Gasteiger partial charge in [0.15, 0.2) is 0 Å². The molecule has 2 aliphatic rings. The van der Waals surface area contributed by atoms with Crippen molar-refractivity contribution in [1.82, 2.24) is 15.2 Å². The second-order valence-electron chi connectivity index (χ2n) is 6.66. The first-order chi connectivity index (χ1) is 11.9. The number of pyridine rings is 1. The number of aromatic nitrogens is 1. The molecule has 2 amide bonds. The molecule has 3 heterocycles. The Bertz CT molecular complexity index is 621. The molecule has 3 rings (SSSR count). The molecule has 1 aromatic rings. The lowest BCUT2D eigenvalue weighted by molar-refractivity contribution is -0.0652. The van der Waals surface area contributed by atoms with E-state index in [4.69, 9.17) is 4.74 Å². The molecule has 25 heavy (non-hydrogen) atoms. The van der Waals surface area contributed by atoms with Crippen LogP contribution in [0.5, 0.6) is 0 Å². The summed E-state index contributed by atoms with van der Waals surface area (Å²) < 4.78 is 32.0. The van der Waals surface area contributed by atoms with Crippen LogP contribution in [0, 0.1) is 6.92 Å². The highest BCUT2D eigenvalue weighted by Gasteiger charge is 2.36. The highest BCUT2D eigenvalue weighted by atomic mass is 19.3. The van der Waals surface area contributed by atoms with Crippen LogP contribution in [0.4, 0.5) is 19.4 Å². The van der Waals surface area contributed by atoms with Gasteiger partial charge in [-0.3, -0.25) is 0 Å². The Balaban J connectivity index is 1.61. The van der Waals surface area contributed by atoms with Gasteiger partial charge in [-0.2, -0.15) is 0 Å². The van der Waals surface area contributed by atoms with E-state index in [0.717, 1.165) is 47.9 Å². The summed E-state index contributed by atoms with van der Waals surface area (Å²) in [6.45, 7) is 3.21. The predicted molar refractivity (Wildman–Crippen MR) is 90.0 cm³/mol. The number of hydrogen-bond acceptors (Lipinski definition) is 4. The van der Waals surface area contributed by atoms with Gasteiger partial charge in [-0.1, -0.05) is 0 Å². The zero-order valence-electron chi connectivity index (χ0n) is 14.4. The average molecular weight is 354 g/mol. The van der Waals surface area contributed by atoms with Gasteiger partial charge < -0.3 is 19.9 Å². The molecule has 138 valence electrons. The summed E-state index contributed by atoms with van der Waals surface area (Å²) in [5, 5.41) is 2.73. The molecule has 0 spiro atoms. The molecule has 1 N–H and O–H groups in total. The molecule has 0 bridgehead atoms. The highest BCUT2D eigenvalue weighted by molar-refractivity contribution is 5.74. The van der Waals surface area contributed by atoms with Gasteiger partial charge in [0, 0.05) is 31.9 Å². The van der Waals surface area contributed by atoms with Gasteiger partial charge in [-0.05, 0) is 37.5 Å². The van der Waals surface area contributed by atoms with Gasteiger partial charge in [-0.25, -0.2) is 18.6 Å². The Hall–Kier alpha value is -1.96. The molecule has 0 saturated carbocycles. The zero-order chi connectivity index (χ0) is 17.9. The molecule has 6 nitrogen and oxygen atoms in total. The lowest BCUT2D eigenvalue weighted by atomic mass is 10.2. The van der Waals surface area contributed by atoms with Crippen molar-refractivity contribution in [1.29, 1.82) is 0 Å². The van der Waals surface area contributed by atoms with Crippen LogP contribution in [0.2, 0.25) is 0 Å². The number of nitrogens with zero attached hydrogens (tertiary/aromatic N) is 3. The number of carbonyl (C=O) groups is 1. The first kappa shape index (κ1) is 17.8. The molecule has 0 atom stereocenters. The normalized spacial score (nSPS) is 20.4. The quantitative estimate of drug-likeness (QED) is 0.904. The first-order valence-electron chi connectivity index (χ1n) is 8.64. The molecule has 0 radical (unpaired) electrons. The average Bonchev–Trinajstić information content (AvgIpc) is 3.03. The fraction of sp³-hybridized carbons (Fsp3) is 0.647. The van der Waals surface area contributed by atoms with E-state index in [0.29, 0.717) is 0 Å². The van der Waals surface area contributed by atoms with E-state index < -0.39 is 25.1 Å². The van der Waals surface area contributed by atoms with E-state index in [9.17, 15) is 13.6 Å². The topological polar surface area (TPSA) is 57.7 Å². The lowest BCUT2D eigenvalue weighted by Crippen LogP contribution is -2.45. The molecule has 1 aromatic heterocycles. The molecule has 2 saturated heterocycles. The Kier molecular flexibility index (Phi) is 5.36. The van der Waals surface area contributed by atoms with Gasteiger partial charge in [0.25, 0.3) is 5.92 Å². The number of hydrogen-bond donors (Lipinski definition) is 1. The minimum absolute atomic E-state index is 0.122. The number of aryl methyl sites for hydroxylation is 1. The summed E-state index contributed by atoms with van der Waals surface area (Å²) in [6.07, 6.45) is 2.32. The number of nitrogens with one attached hydrogen (secondary N) is 1. The lowest BCUT2D eigenvalue weighted by Gasteiger charge is -2.23. The Morgan fingerprint density at radius 1 is 1.32 bits per heavy atom. The molecule has 2 aliphatic heterocycles.